The highest BCUT2D eigenvalue weighted by Gasteiger charge is 2.26. The van der Waals surface area contributed by atoms with Gasteiger partial charge in [0.05, 0.1) is 10.9 Å². The van der Waals surface area contributed by atoms with Gasteiger partial charge in [0.15, 0.2) is 0 Å². The summed E-state index contributed by atoms with van der Waals surface area (Å²) in [6, 6.07) is 19.3. The third-order valence-corrected chi connectivity index (χ3v) is 5.27. The summed E-state index contributed by atoms with van der Waals surface area (Å²) >= 11 is 1.85. The normalized spacial score (nSPS) is 10.8. The minimum Gasteiger partial charge on any atom is -1.00 e. The van der Waals surface area contributed by atoms with Crippen molar-refractivity contribution in [1.82, 2.24) is 0 Å². The van der Waals surface area contributed by atoms with Crippen molar-refractivity contribution in [2.24, 2.45) is 0 Å². The molecular formula is C19H16ClNS. The number of aryl methyl sites for hydroxylation is 1. The Morgan fingerprint density at radius 2 is 1.50 bits per heavy atom. The van der Waals surface area contributed by atoms with Gasteiger partial charge in [-0.05, 0) is 31.0 Å². The zero-order valence-electron chi connectivity index (χ0n) is 12.5. The topological polar surface area (TPSA) is 14.1 Å². The van der Waals surface area contributed by atoms with E-state index in [1.54, 1.807) is 0 Å². The molecule has 2 aliphatic rings. The highest BCUT2D eigenvalue weighted by molar-refractivity contribution is 7.14. The van der Waals surface area contributed by atoms with Gasteiger partial charge in [-0.1, -0.05) is 53.8 Å². The molecule has 2 aliphatic heterocycles. The molecule has 0 saturated heterocycles. The summed E-state index contributed by atoms with van der Waals surface area (Å²) < 4.78 is 0. The fourth-order valence-electron chi connectivity index (χ4n) is 3.00. The first-order chi connectivity index (χ1) is 10.3. The molecule has 0 radical (unpaired) electrons. The van der Waals surface area contributed by atoms with E-state index in [4.69, 9.17) is 0 Å². The van der Waals surface area contributed by atoms with Gasteiger partial charge < -0.3 is 12.4 Å². The van der Waals surface area contributed by atoms with Crippen molar-refractivity contribution in [3.63, 3.8) is 0 Å². The summed E-state index contributed by atoms with van der Waals surface area (Å²) in [5.74, 6) is 0. The quantitative estimate of drug-likeness (QED) is 0.509. The van der Waals surface area contributed by atoms with Crippen LogP contribution in [-0.4, -0.2) is 0 Å². The van der Waals surface area contributed by atoms with Gasteiger partial charge >= 0.3 is 0 Å². The molecule has 4 rings (SSSR count). The Kier molecular flexibility index (Phi) is 3.90. The largest absolute Gasteiger partial charge is 1.00 e. The summed E-state index contributed by atoms with van der Waals surface area (Å²) in [5, 5.41) is 2.57. The van der Waals surface area contributed by atoms with Crippen molar-refractivity contribution in [2.45, 2.75) is 13.8 Å². The second-order valence-corrected chi connectivity index (χ2v) is 6.62. The highest BCUT2D eigenvalue weighted by Crippen LogP contribution is 2.43. The number of nitrogens with one attached hydrogen (secondary N) is 1. The molecular weight excluding hydrogens is 310 g/mol. The molecule has 3 heteroatoms. The van der Waals surface area contributed by atoms with Crippen molar-refractivity contribution in [3.05, 3.63) is 65.0 Å². The van der Waals surface area contributed by atoms with Gasteiger partial charge in [-0.25, -0.2) is 0 Å². The first-order valence-corrected chi connectivity index (χ1v) is 7.96. The summed E-state index contributed by atoms with van der Waals surface area (Å²) in [7, 11) is 0. The van der Waals surface area contributed by atoms with Gasteiger partial charge in [0, 0.05) is 16.5 Å². The molecule has 0 spiro atoms. The third kappa shape index (κ3) is 2.20. The Hall–Kier alpha value is -1.90. The molecule has 0 aliphatic carbocycles. The number of halogens is 1. The van der Waals surface area contributed by atoms with Crippen molar-refractivity contribution in [3.8, 4) is 21.7 Å². The maximum atomic E-state index is 3.57. The smallest absolute Gasteiger partial charge is 0.269 e. The molecule has 2 aromatic carbocycles. The van der Waals surface area contributed by atoms with Crippen molar-refractivity contribution in [2.75, 3.05) is 0 Å². The van der Waals surface area contributed by atoms with E-state index < -0.39 is 0 Å². The number of rotatable bonds is 1. The molecule has 22 heavy (non-hydrogen) atoms. The van der Waals surface area contributed by atoms with Crippen LogP contribution in [0.5, 0.6) is 0 Å². The van der Waals surface area contributed by atoms with Crippen molar-refractivity contribution in [1.29, 1.82) is 0 Å². The Bertz CT molecular complexity index is 912. The van der Waals surface area contributed by atoms with Gasteiger partial charge in [-0.15, -0.1) is 0 Å². The van der Waals surface area contributed by atoms with Crippen LogP contribution in [0.4, 0.5) is 0 Å². The van der Waals surface area contributed by atoms with Crippen molar-refractivity contribution < 1.29 is 17.4 Å². The fourth-order valence-corrected chi connectivity index (χ4v) is 4.04. The number of aromatic nitrogens is 1. The number of aromatic amines is 1. The standard InChI is InChI=1S/C19H15NS.ClH/c1-12-13(2)21-19-18(15-10-6-7-11-16(15)20-19)17(12)14-8-4-3-5-9-14;/h3-11H,1-2H3;1H. The average molecular weight is 326 g/mol. The minimum absolute atomic E-state index is 0. The zero-order chi connectivity index (χ0) is 14.4. The van der Waals surface area contributed by atoms with Crippen LogP contribution in [0.2, 0.25) is 0 Å². The van der Waals surface area contributed by atoms with E-state index in [0.717, 1.165) is 0 Å². The monoisotopic (exact) mass is 325 g/mol. The van der Waals surface area contributed by atoms with Gasteiger partial charge in [0.25, 0.3) is 5.01 Å². The third-order valence-electron chi connectivity index (χ3n) is 4.14. The Balaban J connectivity index is 0.00000144. The number of H-pyrrole nitrogens is 1. The van der Waals surface area contributed by atoms with Crippen molar-refractivity contribution >= 4 is 22.2 Å². The Labute approximate surface area is 140 Å². The van der Waals surface area contributed by atoms with E-state index in [2.05, 4.69) is 73.4 Å². The molecule has 0 fully saturated rings. The summed E-state index contributed by atoms with van der Waals surface area (Å²) in [6.07, 6.45) is 0. The maximum Gasteiger partial charge on any atom is 0.269 e. The van der Waals surface area contributed by atoms with Crippen LogP contribution in [0.3, 0.4) is 0 Å². The molecule has 0 bridgehead atoms. The first-order valence-electron chi connectivity index (χ1n) is 7.15. The molecule has 1 N–H and O–H groups in total. The molecule has 0 unspecified atom stereocenters. The lowest BCUT2D eigenvalue weighted by Gasteiger charge is -2.11. The molecule has 2 aromatic rings. The molecule has 2 heterocycles. The van der Waals surface area contributed by atoms with E-state index in [1.807, 2.05) is 11.3 Å². The van der Waals surface area contributed by atoms with E-state index in [-0.39, 0.29) is 12.4 Å². The van der Waals surface area contributed by atoms with E-state index in [9.17, 15) is 0 Å². The number of benzene rings is 2. The fraction of sp³-hybridized carbons (Fsp3) is 0.105. The van der Waals surface area contributed by atoms with Crippen LogP contribution < -0.4 is 17.4 Å². The second-order valence-electron chi connectivity index (χ2n) is 5.40. The van der Waals surface area contributed by atoms with Gasteiger partial charge in [-0.2, -0.15) is 4.98 Å². The molecule has 0 aromatic heterocycles. The summed E-state index contributed by atoms with van der Waals surface area (Å²) in [6.45, 7) is 4.44. The molecule has 1 nitrogen and oxygen atoms in total. The SMILES string of the molecule is Cc1sc2[nH+]c3ccccc3c-2c(-c2ccccc2)c1C.[Cl-]. The van der Waals surface area contributed by atoms with Crippen LogP contribution in [0.1, 0.15) is 10.4 Å². The average Bonchev–Trinajstić information content (AvgIpc) is 2.87. The number of hydrogen-bond acceptors (Lipinski definition) is 1. The van der Waals surface area contributed by atoms with Crippen LogP contribution >= 0.6 is 11.3 Å². The predicted molar refractivity (Wildman–Crippen MR) is 89.9 cm³/mol. The number of hydrogen-bond donors (Lipinski definition) is 0. The van der Waals surface area contributed by atoms with Gasteiger partial charge in [0.2, 0.25) is 5.52 Å². The molecule has 0 atom stereocenters. The van der Waals surface area contributed by atoms with Crippen LogP contribution in [0, 0.1) is 13.8 Å². The molecule has 0 amide bonds. The van der Waals surface area contributed by atoms with Gasteiger partial charge in [-0.3, -0.25) is 0 Å². The van der Waals surface area contributed by atoms with Crippen LogP contribution in [0.15, 0.2) is 54.6 Å². The molecule has 110 valence electrons. The lowest BCUT2D eigenvalue weighted by Crippen LogP contribution is -3.00. The molecule has 0 saturated carbocycles. The lowest BCUT2D eigenvalue weighted by molar-refractivity contribution is -0.323. The lowest BCUT2D eigenvalue weighted by atomic mass is 9.95. The second kappa shape index (κ2) is 5.71. The first kappa shape index (κ1) is 15.0. The zero-order valence-corrected chi connectivity index (χ0v) is 14.1. The Morgan fingerprint density at radius 1 is 0.818 bits per heavy atom. The van der Waals surface area contributed by atoms with E-state index in [1.165, 1.54) is 43.0 Å². The number of para-hydroxylation sites is 1. The summed E-state index contributed by atoms with van der Waals surface area (Å²) in [5.41, 5.74) is 6.60. The van der Waals surface area contributed by atoms with Crippen LogP contribution in [-0.2, 0) is 0 Å². The minimum atomic E-state index is 0. The summed E-state index contributed by atoms with van der Waals surface area (Å²) in [4.78, 5) is 4.94. The number of fused-ring (bicyclic) bond motifs is 3. The van der Waals surface area contributed by atoms with E-state index in [0.29, 0.717) is 0 Å². The van der Waals surface area contributed by atoms with E-state index >= 15 is 0 Å². The highest BCUT2D eigenvalue weighted by atomic mass is 35.5. The van der Waals surface area contributed by atoms with Gasteiger partial charge in [0.1, 0.15) is 0 Å². The Morgan fingerprint density at radius 3 is 2.27 bits per heavy atom. The predicted octanol–water partition coefficient (Wildman–Crippen LogP) is 2.11. The van der Waals surface area contributed by atoms with Crippen LogP contribution in [0.25, 0.3) is 32.6 Å². The maximum absolute atomic E-state index is 3.57.